The maximum atomic E-state index is 13.1. The van der Waals surface area contributed by atoms with Crippen molar-refractivity contribution in [2.45, 2.75) is 12.5 Å². The van der Waals surface area contributed by atoms with Crippen molar-refractivity contribution in [1.82, 2.24) is 0 Å². The second kappa shape index (κ2) is 8.88. The third-order valence-electron chi connectivity index (χ3n) is 4.43. The number of fused-ring (bicyclic) bond motifs is 1. The van der Waals surface area contributed by atoms with Crippen LogP contribution in [-0.4, -0.2) is 19.1 Å². The van der Waals surface area contributed by atoms with Crippen molar-refractivity contribution < 1.29 is 19.0 Å². The summed E-state index contributed by atoms with van der Waals surface area (Å²) < 4.78 is 17.3. The molecule has 4 rings (SSSR count). The average molecular weight is 410 g/mol. The first-order valence-electron chi connectivity index (χ1n) is 9.37. The van der Waals surface area contributed by atoms with Crippen LogP contribution in [0.5, 0.6) is 17.2 Å². The van der Waals surface area contributed by atoms with Gasteiger partial charge >= 0.3 is 0 Å². The van der Waals surface area contributed by atoms with Crippen LogP contribution in [0.2, 0.25) is 5.02 Å². The standard InChI is InChI=1S/C23H20ClNO4/c24-18-14-20-21(28-13-7-12-27-20)15-19(18)25-23(26)22(16-8-3-1-4-9-16)29-17-10-5-2-6-11-17/h1-6,8-11,14-15,22H,7,12-13H2,(H,25,26). The summed E-state index contributed by atoms with van der Waals surface area (Å²) in [5.74, 6) is 1.39. The van der Waals surface area contributed by atoms with E-state index >= 15 is 0 Å². The predicted octanol–water partition coefficient (Wildman–Crippen LogP) is 5.26. The van der Waals surface area contributed by atoms with Crippen LogP contribution < -0.4 is 19.5 Å². The molecule has 1 aliphatic rings. The second-order valence-electron chi connectivity index (χ2n) is 6.54. The van der Waals surface area contributed by atoms with Gasteiger partial charge in [0.2, 0.25) is 6.10 Å². The quantitative estimate of drug-likeness (QED) is 0.624. The van der Waals surface area contributed by atoms with Crippen molar-refractivity contribution in [1.29, 1.82) is 0 Å². The Labute approximate surface area is 174 Å². The molecule has 0 saturated carbocycles. The number of ether oxygens (including phenoxy) is 3. The van der Waals surface area contributed by atoms with Gasteiger partial charge in [-0.1, -0.05) is 60.1 Å². The molecule has 0 aliphatic carbocycles. The van der Waals surface area contributed by atoms with Gasteiger partial charge in [0, 0.05) is 24.1 Å². The zero-order valence-electron chi connectivity index (χ0n) is 15.6. The topological polar surface area (TPSA) is 56.8 Å². The molecule has 3 aromatic rings. The molecular weight excluding hydrogens is 390 g/mol. The van der Waals surface area contributed by atoms with Gasteiger partial charge in [0.25, 0.3) is 5.91 Å². The van der Waals surface area contributed by atoms with Gasteiger partial charge in [-0.3, -0.25) is 4.79 Å². The molecule has 1 unspecified atom stereocenters. The molecule has 1 aliphatic heterocycles. The minimum absolute atomic E-state index is 0.337. The second-order valence-corrected chi connectivity index (χ2v) is 6.95. The number of nitrogens with one attached hydrogen (secondary N) is 1. The molecule has 0 fully saturated rings. The van der Waals surface area contributed by atoms with Gasteiger partial charge in [-0.25, -0.2) is 0 Å². The highest BCUT2D eigenvalue weighted by Gasteiger charge is 2.24. The number of hydrogen-bond donors (Lipinski definition) is 1. The van der Waals surface area contributed by atoms with Crippen molar-refractivity contribution in [2.75, 3.05) is 18.5 Å². The van der Waals surface area contributed by atoms with E-state index in [0.717, 1.165) is 12.0 Å². The molecule has 1 heterocycles. The monoisotopic (exact) mass is 409 g/mol. The first kappa shape index (κ1) is 19.2. The zero-order chi connectivity index (χ0) is 20.1. The molecule has 1 N–H and O–H groups in total. The zero-order valence-corrected chi connectivity index (χ0v) is 16.4. The number of halogens is 1. The number of amides is 1. The van der Waals surface area contributed by atoms with Gasteiger partial charge in [0.1, 0.15) is 5.75 Å². The summed E-state index contributed by atoms with van der Waals surface area (Å²) >= 11 is 6.38. The van der Waals surface area contributed by atoms with Crippen molar-refractivity contribution in [3.8, 4) is 17.2 Å². The van der Waals surface area contributed by atoms with Crippen LogP contribution in [0.25, 0.3) is 0 Å². The van der Waals surface area contributed by atoms with E-state index in [4.69, 9.17) is 25.8 Å². The molecule has 0 aromatic heterocycles. The molecule has 5 nitrogen and oxygen atoms in total. The van der Waals surface area contributed by atoms with Crippen LogP contribution in [0.1, 0.15) is 18.1 Å². The van der Waals surface area contributed by atoms with Crippen LogP contribution in [0.3, 0.4) is 0 Å². The van der Waals surface area contributed by atoms with Crippen molar-refractivity contribution in [3.63, 3.8) is 0 Å². The Hall–Kier alpha value is -3.18. The molecule has 0 bridgehead atoms. The van der Waals surface area contributed by atoms with Crippen molar-refractivity contribution >= 4 is 23.2 Å². The maximum Gasteiger partial charge on any atom is 0.270 e. The summed E-state index contributed by atoms with van der Waals surface area (Å²) in [6.45, 7) is 1.11. The van der Waals surface area contributed by atoms with E-state index in [-0.39, 0.29) is 5.91 Å². The summed E-state index contributed by atoms with van der Waals surface area (Å²) in [6, 6.07) is 21.9. The van der Waals surface area contributed by atoms with E-state index in [1.165, 1.54) is 0 Å². The Balaban J connectivity index is 1.60. The van der Waals surface area contributed by atoms with Crippen molar-refractivity contribution in [3.05, 3.63) is 83.4 Å². The Morgan fingerprint density at radius 2 is 1.55 bits per heavy atom. The van der Waals surface area contributed by atoms with E-state index in [2.05, 4.69) is 5.32 Å². The first-order chi connectivity index (χ1) is 14.2. The number of benzene rings is 3. The highest BCUT2D eigenvalue weighted by Crippen LogP contribution is 2.38. The summed E-state index contributed by atoms with van der Waals surface area (Å²) in [7, 11) is 0. The number of hydrogen-bond acceptors (Lipinski definition) is 4. The highest BCUT2D eigenvalue weighted by atomic mass is 35.5. The molecule has 1 atom stereocenters. The Kier molecular flexibility index (Phi) is 5.86. The summed E-state index contributed by atoms with van der Waals surface area (Å²) in [5, 5.41) is 3.24. The van der Waals surface area contributed by atoms with Gasteiger partial charge in [-0.15, -0.1) is 0 Å². The van der Waals surface area contributed by atoms with Gasteiger partial charge in [0.05, 0.1) is 23.9 Å². The summed E-state index contributed by atoms with van der Waals surface area (Å²) in [4.78, 5) is 13.1. The van der Waals surface area contributed by atoms with Crippen LogP contribution in [0, 0.1) is 0 Å². The molecule has 3 aromatic carbocycles. The molecule has 0 saturated heterocycles. The molecular formula is C23H20ClNO4. The minimum Gasteiger partial charge on any atom is -0.490 e. The highest BCUT2D eigenvalue weighted by molar-refractivity contribution is 6.34. The van der Waals surface area contributed by atoms with E-state index in [1.54, 1.807) is 12.1 Å². The van der Waals surface area contributed by atoms with E-state index in [1.807, 2.05) is 60.7 Å². The average Bonchev–Trinajstić information content (AvgIpc) is 2.98. The van der Waals surface area contributed by atoms with Crippen LogP contribution in [0.15, 0.2) is 72.8 Å². The van der Waals surface area contributed by atoms with Crippen LogP contribution in [0.4, 0.5) is 5.69 Å². The first-order valence-corrected chi connectivity index (χ1v) is 9.75. The van der Waals surface area contributed by atoms with Gasteiger partial charge in [0.15, 0.2) is 11.5 Å². The van der Waals surface area contributed by atoms with E-state index in [0.29, 0.717) is 41.2 Å². The third-order valence-corrected chi connectivity index (χ3v) is 4.75. The largest absolute Gasteiger partial charge is 0.490 e. The maximum absolute atomic E-state index is 13.1. The smallest absolute Gasteiger partial charge is 0.270 e. The van der Waals surface area contributed by atoms with Gasteiger partial charge in [-0.2, -0.15) is 0 Å². The van der Waals surface area contributed by atoms with Crippen LogP contribution >= 0.6 is 11.6 Å². The minimum atomic E-state index is -0.842. The number of carbonyl (C=O) groups excluding carboxylic acids is 1. The fraction of sp³-hybridized carbons (Fsp3) is 0.174. The van der Waals surface area contributed by atoms with Gasteiger partial charge < -0.3 is 19.5 Å². The third kappa shape index (κ3) is 4.63. The number of anilines is 1. The normalized spacial score (nSPS) is 13.8. The molecule has 148 valence electrons. The van der Waals surface area contributed by atoms with E-state index < -0.39 is 6.10 Å². The lowest BCUT2D eigenvalue weighted by Crippen LogP contribution is -2.25. The number of para-hydroxylation sites is 1. The summed E-state index contributed by atoms with van der Waals surface area (Å²) in [5.41, 5.74) is 1.18. The fourth-order valence-electron chi connectivity index (χ4n) is 3.01. The van der Waals surface area contributed by atoms with Gasteiger partial charge in [-0.05, 0) is 12.1 Å². The lowest BCUT2D eigenvalue weighted by molar-refractivity contribution is -0.123. The SMILES string of the molecule is O=C(Nc1cc2c(cc1Cl)OCCCO2)C(Oc1ccccc1)c1ccccc1. The molecule has 0 spiro atoms. The van der Waals surface area contributed by atoms with Crippen LogP contribution in [-0.2, 0) is 4.79 Å². The molecule has 0 radical (unpaired) electrons. The molecule has 1 amide bonds. The Morgan fingerprint density at radius 3 is 2.24 bits per heavy atom. The Morgan fingerprint density at radius 1 is 0.931 bits per heavy atom. The fourth-order valence-corrected chi connectivity index (χ4v) is 3.21. The number of carbonyl (C=O) groups is 1. The lowest BCUT2D eigenvalue weighted by atomic mass is 10.1. The number of rotatable bonds is 5. The van der Waals surface area contributed by atoms with Crippen molar-refractivity contribution in [2.24, 2.45) is 0 Å². The lowest BCUT2D eigenvalue weighted by Gasteiger charge is -2.20. The predicted molar refractivity (Wildman–Crippen MR) is 112 cm³/mol. The summed E-state index contributed by atoms with van der Waals surface area (Å²) in [6.07, 6.45) is -0.0553. The Bertz CT molecular complexity index is 979. The molecule has 29 heavy (non-hydrogen) atoms. The molecule has 6 heteroatoms. The van der Waals surface area contributed by atoms with E-state index in [9.17, 15) is 4.79 Å².